The van der Waals surface area contributed by atoms with Crippen LogP contribution in [0.3, 0.4) is 0 Å². The van der Waals surface area contributed by atoms with E-state index in [1.54, 1.807) is 13.0 Å². The van der Waals surface area contributed by atoms with E-state index in [9.17, 15) is 26.3 Å². The molecule has 1 aromatic heterocycles. The van der Waals surface area contributed by atoms with Gasteiger partial charge in [0.15, 0.2) is 0 Å². The Kier molecular flexibility index (Phi) is 7.61. The normalized spacial score (nSPS) is 12.7. The minimum atomic E-state index is -4.85. The largest absolute Gasteiger partial charge is 0.573 e. The molecule has 0 aliphatic carbocycles. The van der Waals surface area contributed by atoms with Crippen molar-refractivity contribution in [2.45, 2.75) is 46.0 Å². The topological polar surface area (TPSA) is 68.3 Å². The third-order valence-electron chi connectivity index (χ3n) is 4.77. The van der Waals surface area contributed by atoms with E-state index in [1.807, 2.05) is 13.8 Å². The summed E-state index contributed by atoms with van der Waals surface area (Å²) < 4.78 is 83.3. The highest BCUT2D eigenvalue weighted by molar-refractivity contribution is 5.69. The lowest BCUT2D eigenvalue weighted by Crippen LogP contribution is -2.17. The number of ether oxygens (including phenoxy) is 2. The molecule has 0 radical (unpaired) electrons. The molecule has 35 heavy (non-hydrogen) atoms. The van der Waals surface area contributed by atoms with Gasteiger partial charge >= 0.3 is 12.7 Å². The van der Waals surface area contributed by atoms with E-state index in [0.29, 0.717) is 22.5 Å². The van der Waals surface area contributed by atoms with Crippen LogP contribution in [0.15, 0.2) is 48.5 Å². The molecule has 0 aliphatic heterocycles. The number of aryl methyl sites for hydroxylation is 1. The van der Waals surface area contributed by atoms with Crippen molar-refractivity contribution in [2.24, 2.45) is 0 Å². The number of alkyl halides is 6. The SMILES string of the molecule is CC[C@@H](C)Nc1nc(Nc2ccc(OC(F)(F)F)cc2C)cc(-c2cccc(OC(F)(F)F)c2)n1. The fourth-order valence-corrected chi connectivity index (χ4v) is 3.01. The number of hydrogen-bond donors (Lipinski definition) is 2. The number of aromatic nitrogens is 2. The zero-order valence-corrected chi connectivity index (χ0v) is 18.9. The Morgan fingerprint density at radius 3 is 2.14 bits per heavy atom. The first kappa shape index (κ1) is 25.9. The summed E-state index contributed by atoms with van der Waals surface area (Å²) in [4.78, 5) is 8.79. The monoisotopic (exact) mass is 500 g/mol. The summed E-state index contributed by atoms with van der Waals surface area (Å²) in [6, 6.07) is 10.6. The van der Waals surface area contributed by atoms with Gasteiger partial charge in [0, 0.05) is 23.4 Å². The summed E-state index contributed by atoms with van der Waals surface area (Å²) in [5, 5.41) is 6.13. The lowest BCUT2D eigenvalue weighted by atomic mass is 10.1. The molecule has 3 aromatic rings. The standard InChI is InChI=1S/C23H22F6N4O2/c1-4-14(3)30-21-32-19(15-6-5-7-16(11-15)34-22(24,25)26)12-20(33-21)31-18-9-8-17(10-13(18)2)35-23(27,28)29/h5-12,14H,4H2,1-3H3,(H2,30,31,32,33)/t14-/m1/s1. The van der Waals surface area contributed by atoms with Gasteiger partial charge in [-0.1, -0.05) is 19.1 Å². The number of halogens is 6. The predicted molar refractivity (Wildman–Crippen MR) is 119 cm³/mol. The molecule has 2 N–H and O–H groups in total. The summed E-state index contributed by atoms with van der Waals surface area (Å²) in [5.74, 6) is -0.285. The molecule has 0 spiro atoms. The maximum Gasteiger partial charge on any atom is 0.573 e. The quantitative estimate of drug-likeness (QED) is 0.319. The maximum atomic E-state index is 12.6. The van der Waals surface area contributed by atoms with E-state index in [0.717, 1.165) is 12.5 Å². The highest BCUT2D eigenvalue weighted by Gasteiger charge is 2.32. The Bertz CT molecular complexity index is 1170. The number of nitrogens with zero attached hydrogens (tertiary/aromatic N) is 2. The van der Waals surface area contributed by atoms with Gasteiger partial charge in [0.05, 0.1) is 5.69 Å². The first-order chi connectivity index (χ1) is 16.3. The molecule has 1 heterocycles. The molecule has 188 valence electrons. The summed E-state index contributed by atoms with van der Waals surface area (Å²) >= 11 is 0. The number of hydrogen-bond acceptors (Lipinski definition) is 6. The second kappa shape index (κ2) is 10.3. The average molecular weight is 500 g/mol. The Morgan fingerprint density at radius 1 is 0.886 bits per heavy atom. The van der Waals surface area contributed by atoms with Gasteiger partial charge < -0.3 is 20.1 Å². The van der Waals surface area contributed by atoms with Crippen molar-refractivity contribution in [3.8, 4) is 22.8 Å². The van der Waals surface area contributed by atoms with Crippen molar-refractivity contribution in [3.63, 3.8) is 0 Å². The number of rotatable bonds is 8. The number of benzene rings is 2. The van der Waals surface area contributed by atoms with Crippen LogP contribution in [-0.4, -0.2) is 28.7 Å². The van der Waals surface area contributed by atoms with Crippen LogP contribution in [0.2, 0.25) is 0 Å². The Hall–Kier alpha value is -3.70. The molecule has 6 nitrogen and oxygen atoms in total. The van der Waals surface area contributed by atoms with Crippen molar-refractivity contribution in [2.75, 3.05) is 10.6 Å². The summed E-state index contributed by atoms with van der Waals surface area (Å²) in [7, 11) is 0. The van der Waals surface area contributed by atoms with Crippen LogP contribution in [0.4, 0.5) is 43.8 Å². The lowest BCUT2D eigenvalue weighted by Gasteiger charge is -2.16. The zero-order valence-electron chi connectivity index (χ0n) is 18.9. The maximum absolute atomic E-state index is 12.6. The second-order valence-electron chi connectivity index (χ2n) is 7.64. The van der Waals surface area contributed by atoms with Crippen molar-refractivity contribution >= 4 is 17.5 Å². The van der Waals surface area contributed by atoms with Gasteiger partial charge in [-0.15, -0.1) is 26.3 Å². The van der Waals surface area contributed by atoms with Crippen LogP contribution >= 0.6 is 0 Å². The van der Waals surface area contributed by atoms with Gasteiger partial charge in [0.2, 0.25) is 5.95 Å². The van der Waals surface area contributed by atoms with Crippen molar-refractivity contribution in [3.05, 3.63) is 54.1 Å². The third kappa shape index (κ3) is 7.94. The van der Waals surface area contributed by atoms with Crippen LogP contribution in [0.5, 0.6) is 11.5 Å². The minimum absolute atomic E-state index is 0.00136. The molecule has 12 heteroatoms. The molecule has 0 unspecified atom stereocenters. The predicted octanol–water partition coefficient (Wildman–Crippen LogP) is 7.20. The molecule has 0 fully saturated rings. The molecule has 0 aliphatic rings. The Labute approximate surface area is 197 Å². The first-order valence-electron chi connectivity index (χ1n) is 10.5. The molecule has 0 amide bonds. The van der Waals surface area contributed by atoms with Crippen LogP contribution < -0.4 is 20.1 Å². The first-order valence-corrected chi connectivity index (χ1v) is 10.5. The Morgan fingerprint density at radius 2 is 1.54 bits per heavy atom. The lowest BCUT2D eigenvalue weighted by molar-refractivity contribution is -0.275. The molecule has 3 rings (SSSR count). The molecule has 2 aromatic carbocycles. The van der Waals surface area contributed by atoms with Crippen LogP contribution in [0.1, 0.15) is 25.8 Å². The zero-order chi connectivity index (χ0) is 25.8. The van der Waals surface area contributed by atoms with Gasteiger partial charge in [0.1, 0.15) is 17.3 Å². The van der Waals surface area contributed by atoms with E-state index in [-0.39, 0.29) is 23.6 Å². The van der Waals surface area contributed by atoms with E-state index in [2.05, 4.69) is 30.1 Å². The fraction of sp³-hybridized carbons (Fsp3) is 0.304. The van der Waals surface area contributed by atoms with Crippen LogP contribution in [0, 0.1) is 6.92 Å². The molecule has 0 saturated heterocycles. The van der Waals surface area contributed by atoms with Gasteiger partial charge in [-0.2, -0.15) is 4.98 Å². The highest BCUT2D eigenvalue weighted by atomic mass is 19.4. The van der Waals surface area contributed by atoms with E-state index >= 15 is 0 Å². The van der Waals surface area contributed by atoms with E-state index < -0.39 is 18.5 Å². The third-order valence-corrected chi connectivity index (χ3v) is 4.77. The van der Waals surface area contributed by atoms with Crippen molar-refractivity contribution in [1.29, 1.82) is 0 Å². The molecule has 0 bridgehead atoms. The molecular weight excluding hydrogens is 478 g/mol. The van der Waals surface area contributed by atoms with Gasteiger partial charge in [0.25, 0.3) is 0 Å². The van der Waals surface area contributed by atoms with E-state index in [4.69, 9.17) is 0 Å². The van der Waals surface area contributed by atoms with Gasteiger partial charge in [-0.3, -0.25) is 0 Å². The van der Waals surface area contributed by atoms with Gasteiger partial charge in [-0.25, -0.2) is 4.98 Å². The minimum Gasteiger partial charge on any atom is -0.406 e. The summed E-state index contributed by atoms with van der Waals surface area (Å²) in [5.41, 5.74) is 1.54. The van der Waals surface area contributed by atoms with Crippen LogP contribution in [0.25, 0.3) is 11.3 Å². The number of anilines is 3. The van der Waals surface area contributed by atoms with Crippen molar-refractivity contribution in [1.82, 2.24) is 9.97 Å². The smallest absolute Gasteiger partial charge is 0.406 e. The van der Waals surface area contributed by atoms with E-state index in [1.165, 1.54) is 36.4 Å². The summed E-state index contributed by atoms with van der Waals surface area (Å²) in [6.07, 6.45) is -8.91. The van der Waals surface area contributed by atoms with Crippen molar-refractivity contribution < 1.29 is 35.8 Å². The molecular formula is C23H22F6N4O2. The fourth-order valence-electron chi connectivity index (χ4n) is 3.01. The molecule has 0 saturated carbocycles. The Balaban J connectivity index is 1.96. The number of nitrogens with one attached hydrogen (secondary N) is 2. The average Bonchev–Trinajstić information content (AvgIpc) is 2.73. The van der Waals surface area contributed by atoms with Gasteiger partial charge in [-0.05, 0) is 56.2 Å². The highest BCUT2D eigenvalue weighted by Crippen LogP contribution is 2.31. The summed E-state index contributed by atoms with van der Waals surface area (Å²) in [6.45, 7) is 5.45. The second-order valence-corrected chi connectivity index (χ2v) is 7.64. The molecule has 1 atom stereocenters. The van der Waals surface area contributed by atoms with Crippen LogP contribution in [-0.2, 0) is 0 Å².